The van der Waals surface area contributed by atoms with Crippen molar-refractivity contribution in [3.8, 4) is 0 Å². The molecule has 0 radical (unpaired) electrons. The molecule has 0 bridgehead atoms. The molecule has 0 aliphatic rings. The van der Waals surface area contributed by atoms with Crippen LogP contribution in [0.15, 0.2) is 0 Å². The third-order valence-corrected chi connectivity index (χ3v) is 1.55. The first-order valence-electron chi connectivity index (χ1n) is 5.54. The zero-order valence-electron chi connectivity index (χ0n) is 10.5. The summed E-state index contributed by atoms with van der Waals surface area (Å²) in [5, 5.41) is 8.43. The van der Waals surface area contributed by atoms with Crippen LogP contribution in [-0.4, -0.2) is 57.1 Å². The molecular formula is C11H24O5. The molecule has 16 heavy (non-hydrogen) atoms. The highest BCUT2D eigenvalue weighted by atomic mass is 16.7. The predicted octanol–water partition coefficient (Wildman–Crippen LogP) is 0.801. The summed E-state index contributed by atoms with van der Waals surface area (Å²) >= 11 is 0. The van der Waals surface area contributed by atoms with Gasteiger partial charge in [0.2, 0.25) is 0 Å². The Bertz CT molecular complexity index is 144. The Morgan fingerprint density at radius 2 is 1.31 bits per heavy atom. The third kappa shape index (κ3) is 13.8. The van der Waals surface area contributed by atoms with E-state index in [1.807, 2.05) is 20.8 Å². The van der Waals surface area contributed by atoms with E-state index in [9.17, 15) is 0 Å². The zero-order valence-corrected chi connectivity index (χ0v) is 10.5. The summed E-state index contributed by atoms with van der Waals surface area (Å²) in [5.41, 5.74) is -0.168. The average molecular weight is 236 g/mol. The van der Waals surface area contributed by atoms with Gasteiger partial charge in [0, 0.05) is 0 Å². The van der Waals surface area contributed by atoms with Gasteiger partial charge >= 0.3 is 0 Å². The van der Waals surface area contributed by atoms with Gasteiger partial charge in [-0.05, 0) is 20.8 Å². The van der Waals surface area contributed by atoms with Crippen LogP contribution in [0, 0.1) is 0 Å². The first kappa shape index (κ1) is 15.8. The molecule has 0 aromatic rings. The lowest BCUT2D eigenvalue weighted by Crippen LogP contribution is -2.21. The molecule has 0 rings (SSSR count). The van der Waals surface area contributed by atoms with Crippen molar-refractivity contribution in [2.45, 2.75) is 26.4 Å². The van der Waals surface area contributed by atoms with Crippen molar-refractivity contribution in [3.63, 3.8) is 0 Å². The summed E-state index contributed by atoms with van der Waals surface area (Å²) in [6.07, 6.45) is 0. The molecule has 0 aliphatic carbocycles. The molecule has 0 unspecified atom stereocenters. The number of hydrogen-bond donors (Lipinski definition) is 1. The van der Waals surface area contributed by atoms with Crippen molar-refractivity contribution in [1.82, 2.24) is 0 Å². The first-order chi connectivity index (χ1) is 7.56. The first-order valence-corrected chi connectivity index (χ1v) is 5.54. The Kier molecular flexibility index (Phi) is 9.86. The molecule has 0 spiro atoms. The van der Waals surface area contributed by atoms with Crippen molar-refractivity contribution in [2.75, 3.05) is 46.4 Å². The van der Waals surface area contributed by atoms with Crippen molar-refractivity contribution in [3.05, 3.63) is 0 Å². The SMILES string of the molecule is CC(C)(C)OCOCCOCCOCCO. The fraction of sp³-hybridized carbons (Fsp3) is 1.00. The molecule has 0 saturated heterocycles. The fourth-order valence-corrected chi connectivity index (χ4v) is 0.782. The van der Waals surface area contributed by atoms with Gasteiger partial charge in [0.05, 0.1) is 45.2 Å². The second kappa shape index (κ2) is 9.99. The van der Waals surface area contributed by atoms with Gasteiger partial charge in [-0.3, -0.25) is 0 Å². The standard InChI is InChI=1S/C11H24O5/c1-11(2,3)16-10-15-9-8-14-7-6-13-5-4-12/h12H,4-10H2,1-3H3. The minimum atomic E-state index is -0.168. The summed E-state index contributed by atoms with van der Waals surface area (Å²) in [7, 11) is 0. The van der Waals surface area contributed by atoms with E-state index in [0.717, 1.165) is 0 Å². The summed E-state index contributed by atoms with van der Waals surface area (Å²) in [6.45, 7) is 8.68. The van der Waals surface area contributed by atoms with Crippen LogP contribution in [0.2, 0.25) is 0 Å². The molecule has 0 atom stereocenters. The van der Waals surface area contributed by atoms with Gasteiger partial charge in [-0.25, -0.2) is 0 Å². The van der Waals surface area contributed by atoms with Gasteiger partial charge < -0.3 is 24.1 Å². The number of aliphatic hydroxyl groups is 1. The molecule has 5 heteroatoms. The average Bonchev–Trinajstić information content (AvgIpc) is 2.19. The van der Waals surface area contributed by atoms with Crippen molar-refractivity contribution >= 4 is 0 Å². The van der Waals surface area contributed by atoms with E-state index in [0.29, 0.717) is 33.0 Å². The molecule has 0 aliphatic heterocycles. The van der Waals surface area contributed by atoms with Crippen LogP contribution in [-0.2, 0) is 18.9 Å². The molecule has 0 heterocycles. The van der Waals surface area contributed by atoms with E-state index in [-0.39, 0.29) is 19.0 Å². The maximum absolute atomic E-state index is 8.43. The van der Waals surface area contributed by atoms with Crippen LogP contribution in [0.4, 0.5) is 0 Å². The third-order valence-electron chi connectivity index (χ3n) is 1.55. The fourth-order valence-electron chi connectivity index (χ4n) is 0.782. The highest BCUT2D eigenvalue weighted by Crippen LogP contribution is 2.05. The van der Waals surface area contributed by atoms with Gasteiger partial charge in [-0.15, -0.1) is 0 Å². The molecule has 0 aromatic carbocycles. The summed E-state index contributed by atoms with van der Waals surface area (Å²) in [4.78, 5) is 0. The van der Waals surface area contributed by atoms with Crippen LogP contribution in [0.1, 0.15) is 20.8 Å². The van der Waals surface area contributed by atoms with Crippen molar-refractivity contribution < 1.29 is 24.1 Å². The van der Waals surface area contributed by atoms with Gasteiger partial charge in [0.15, 0.2) is 0 Å². The van der Waals surface area contributed by atoms with E-state index < -0.39 is 0 Å². The Balaban J connectivity index is 2.99. The van der Waals surface area contributed by atoms with E-state index in [2.05, 4.69) is 0 Å². The van der Waals surface area contributed by atoms with E-state index in [1.165, 1.54) is 0 Å². The normalized spacial score (nSPS) is 12.0. The molecule has 1 N–H and O–H groups in total. The Morgan fingerprint density at radius 1 is 0.812 bits per heavy atom. The Morgan fingerprint density at radius 3 is 1.81 bits per heavy atom. The van der Waals surface area contributed by atoms with Gasteiger partial charge in [-0.2, -0.15) is 0 Å². The molecule has 98 valence electrons. The van der Waals surface area contributed by atoms with E-state index in [4.69, 9.17) is 24.1 Å². The number of hydrogen-bond acceptors (Lipinski definition) is 5. The molecule has 0 amide bonds. The van der Waals surface area contributed by atoms with Gasteiger partial charge in [0.25, 0.3) is 0 Å². The zero-order chi connectivity index (χ0) is 12.3. The monoisotopic (exact) mass is 236 g/mol. The maximum atomic E-state index is 8.43. The summed E-state index contributed by atoms with van der Waals surface area (Å²) in [5.74, 6) is 0. The molecule has 0 saturated carbocycles. The molecular weight excluding hydrogens is 212 g/mol. The minimum Gasteiger partial charge on any atom is -0.394 e. The smallest absolute Gasteiger partial charge is 0.147 e. The highest BCUT2D eigenvalue weighted by molar-refractivity contribution is 4.56. The van der Waals surface area contributed by atoms with Crippen LogP contribution in [0.25, 0.3) is 0 Å². The lowest BCUT2D eigenvalue weighted by molar-refractivity contribution is -0.128. The Hall–Kier alpha value is -0.200. The van der Waals surface area contributed by atoms with Crippen LogP contribution in [0.3, 0.4) is 0 Å². The van der Waals surface area contributed by atoms with Crippen molar-refractivity contribution in [1.29, 1.82) is 0 Å². The van der Waals surface area contributed by atoms with Gasteiger partial charge in [-0.1, -0.05) is 0 Å². The van der Waals surface area contributed by atoms with Crippen LogP contribution < -0.4 is 0 Å². The predicted molar refractivity (Wildman–Crippen MR) is 60.4 cm³/mol. The van der Waals surface area contributed by atoms with Crippen LogP contribution >= 0.6 is 0 Å². The number of aliphatic hydroxyl groups excluding tert-OH is 1. The second-order valence-corrected chi connectivity index (χ2v) is 4.23. The number of ether oxygens (including phenoxy) is 4. The Labute approximate surface area is 97.6 Å². The highest BCUT2D eigenvalue weighted by Gasteiger charge is 2.08. The van der Waals surface area contributed by atoms with Gasteiger partial charge in [0.1, 0.15) is 6.79 Å². The lowest BCUT2D eigenvalue weighted by atomic mass is 10.2. The van der Waals surface area contributed by atoms with E-state index in [1.54, 1.807) is 0 Å². The molecule has 5 nitrogen and oxygen atoms in total. The summed E-state index contributed by atoms with van der Waals surface area (Å²) < 4.78 is 20.8. The van der Waals surface area contributed by atoms with Crippen molar-refractivity contribution in [2.24, 2.45) is 0 Å². The molecule has 0 aromatic heterocycles. The number of rotatable bonds is 10. The second-order valence-electron chi connectivity index (χ2n) is 4.23. The maximum Gasteiger partial charge on any atom is 0.147 e. The lowest BCUT2D eigenvalue weighted by Gasteiger charge is -2.19. The summed E-state index contributed by atoms with van der Waals surface area (Å²) in [6, 6.07) is 0. The quantitative estimate of drug-likeness (QED) is 0.449. The molecule has 0 fully saturated rings. The largest absolute Gasteiger partial charge is 0.394 e. The minimum absolute atomic E-state index is 0.0489. The van der Waals surface area contributed by atoms with E-state index >= 15 is 0 Å². The van der Waals surface area contributed by atoms with Crippen LogP contribution in [0.5, 0.6) is 0 Å². The topological polar surface area (TPSA) is 57.2 Å².